The molecule has 1 aromatic carbocycles. The first-order valence-electron chi connectivity index (χ1n) is 7.56. The number of aromatic nitrogens is 2. The second-order valence-electron chi connectivity index (χ2n) is 5.75. The number of nitrogens with zero attached hydrogens (tertiary/aromatic N) is 2. The second kappa shape index (κ2) is 6.40. The zero-order chi connectivity index (χ0) is 17.3. The Morgan fingerprint density at radius 3 is 2.83 bits per heavy atom. The Morgan fingerprint density at radius 2 is 2.12 bits per heavy atom. The lowest BCUT2D eigenvalue weighted by Crippen LogP contribution is -2.40. The molecule has 1 aliphatic heterocycles. The summed E-state index contributed by atoms with van der Waals surface area (Å²) in [5, 5.41) is 12.6. The zero-order valence-corrected chi connectivity index (χ0v) is 12.8. The van der Waals surface area contributed by atoms with Crippen molar-refractivity contribution in [3.05, 3.63) is 57.5 Å². The van der Waals surface area contributed by atoms with Gasteiger partial charge >= 0.3 is 0 Å². The largest absolute Gasteiger partial charge is 0.501 e. The summed E-state index contributed by atoms with van der Waals surface area (Å²) in [6.45, 7) is 0.399. The van der Waals surface area contributed by atoms with Gasteiger partial charge in [-0.25, -0.2) is 9.37 Å². The minimum absolute atomic E-state index is 0.128. The third kappa shape index (κ3) is 3.13. The summed E-state index contributed by atoms with van der Waals surface area (Å²) in [7, 11) is 0. The SMILES string of the molecule is N[C@H]1CCc2nc(C(=O)NCc3ccc(F)cc3)c(O)c(=O)n2C1. The molecule has 3 rings (SSSR count). The van der Waals surface area contributed by atoms with Crippen LogP contribution in [0, 0.1) is 5.82 Å². The highest BCUT2D eigenvalue weighted by molar-refractivity contribution is 5.94. The van der Waals surface area contributed by atoms with Crippen LogP contribution in [0.3, 0.4) is 0 Å². The van der Waals surface area contributed by atoms with Crippen molar-refractivity contribution < 1.29 is 14.3 Å². The minimum atomic E-state index is -0.690. The van der Waals surface area contributed by atoms with E-state index in [1.54, 1.807) is 0 Å². The van der Waals surface area contributed by atoms with Gasteiger partial charge in [0.25, 0.3) is 11.5 Å². The van der Waals surface area contributed by atoms with Crippen molar-refractivity contribution >= 4 is 5.91 Å². The lowest BCUT2D eigenvalue weighted by molar-refractivity contribution is 0.0941. The highest BCUT2D eigenvalue weighted by atomic mass is 19.1. The van der Waals surface area contributed by atoms with Gasteiger partial charge in [-0.15, -0.1) is 0 Å². The number of carbonyl (C=O) groups is 1. The van der Waals surface area contributed by atoms with Crippen molar-refractivity contribution in [2.24, 2.45) is 5.73 Å². The molecule has 0 fully saturated rings. The first-order valence-corrected chi connectivity index (χ1v) is 7.56. The van der Waals surface area contributed by atoms with E-state index in [9.17, 15) is 19.1 Å². The number of carbonyl (C=O) groups excluding carboxylic acids is 1. The van der Waals surface area contributed by atoms with Gasteiger partial charge in [-0.2, -0.15) is 0 Å². The fraction of sp³-hybridized carbons (Fsp3) is 0.312. The third-order valence-corrected chi connectivity index (χ3v) is 3.96. The maximum Gasteiger partial charge on any atom is 0.296 e. The number of rotatable bonds is 3. The van der Waals surface area contributed by atoms with E-state index in [-0.39, 0.29) is 30.6 Å². The predicted molar refractivity (Wildman–Crippen MR) is 84.0 cm³/mol. The smallest absolute Gasteiger partial charge is 0.296 e. The molecular weight excluding hydrogens is 315 g/mol. The van der Waals surface area contributed by atoms with Crippen LogP contribution >= 0.6 is 0 Å². The van der Waals surface area contributed by atoms with Crippen LogP contribution in [0.25, 0.3) is 0 Å². The molecular formula is C16H17FN4O3. The number of aromatic hydroxyl groups is 1. The summed E-state index contributed by atoms with van der Waals surface area (Å²) in [5.41, 5.74) is 5.53. The lowest BCUT2D eigenvalue weighted by atomic mass is 10.1. The highest BCUT2D eigenvalue weighted by Crippen LogP contribution is 2.15. The van der Waals surface area contributed by atoms with Crippen LogP contribution in [-0.2, 0) is 19.5 Å². The first kappa shape index (κ1) is 16.1. The van der Waals surface area contributed by atoms with E-state index in [0.29, 0.717) is 24.2 Å². The van der Waals surface area contributed by atoms with Crippen molar-refractivity contribution in [3.63, 3.8) is 0 Å². The molecule has 1 atom stereocenters. The van der Waals surface area contributed by atoms with E-state index in [0.717, 1.165) is 0 Å². The molecule has 126 valence electrons. The Kier molecular flexibility index (Phi) is 4.30. The summed E-state index contributed by atoms with van der Waals surface area (Å²) >= 11 is 0. The maximum absolute atomic E-state index is 12.9. The Morgan fingerprint density at radius 1 is 1.42 bits per heavy atom. The van der Waals surface area contributed by atoms with E-state index in [2.05, 4.69) is 10.3 Å². The zero-order valence-electron chi connectivity index (χ0n) is 12.8. The molecule has 7 nitrogen and oxygen atoms in total. The minimum Gasteiger partial charge on any atom is -0.501 e. The van der Waals surface area contributed by atoms with Gasteiger partial charge in [-0.1, -0.05) is 12.1 Å². The topological polar surface area (TPSA) is 110 Å². The molecule has 2 aromatic rings. The van der Waals surface area contributed by atoms with Crippen molar-refractivity contribution in [1.82, 2.24) is 14.9 Å². The van der Waals surface area contributed by atoms with E-state index < -0.39 is 17.2 Å². The van der Waals surface area contributed by atoms with Crippen molar-refractivity contribution in [2.45, 2.75) is 32.0 Å². The molecule has 8 heteroatoms. The van der Waals surface area contributed by atoms with Crippen LogP contribution in [0.1, 0.15) is 28.3 Å². The molecule has 1 aromatic heterocycles. The molecule has 0 saturated carbocycles. The van der Waals surface area contributed by atoms with Crippen LogP contribution in [0.2, 0.25) is 0 Å². The summed E-state index contributed by atoms with van der Waals surface area (Å²) in [5.74, 6) is -1.28. The molecule has 0 aliphatic carbocycles. The van der Waals surface area contributed by atoms with Gasteiger partial charge in [0, 0.05) is 25.6 Å². The van der Waals surface area contributed by atoms with Gasteiger partial charge in [-0.05, 0) is 24.1 Å². The van der Waals surface area contributed by atoms with E-state index in [1.807, 2.05) is 0 Å². The number of amides is 1. The van der Waals surface area contributed by atoms with Gasteiger partial charge in [0.05, 0.1) is 0 Å². The third-order valence-electron chi connectivity index (χ3n) is 3.96. The van der Waals surface area contributed by atoms with Crippen molar-refractivity contribution in [3.8, 4) is 5.75 Å². The number of benzene rings is 1. The monoisotopic (exact) mass is 332 g/mol. The van der Waals surface area contributed by atoms with Gasteiger partial charge in [-0.3, -0.25) is 14.2 Å². The molecule has 1 aliphatic rings. The van der Waals surface area contributed by atoms with E-state index >= 15 is 0 Å². The van der Waals surface area contributed by atoms with Crippen molar-refractivity contribution in [1.29, 1.82) is 0 Å². The molecule has 0 bridgehead atoms. The number of hydrogen-bond acceptors (Lipinski definition) is 5. The Balaban J connectivity index is 1.81. The number of nitrogens with one attached hydrogen (secondary N) is 1. The average molecular weight is 332 g/mol. The van der Waals surface area contributed by atoms with Gasteiger partial charge < -0.3 is 16.2 Å². The average Bonchev–Trinajstić information content (AvgIpc) is 2.58. The van der Waals surface area contributed by atoms with Crippen LogP contribution < -0.4 is 16.6 Å². The highest BCUT2D eigenvalue weighted by Gasteiger charge is 2.24. The number of nitrogens with two attached hydrogens (primary N) is 1. The summed E-state index contributed by atoms with van der Waals surface area (Å²) in [4.78, 5) is 28.5. The molecule has 4 N–H and O–H groups in total. The number of hydrogen-bond donors (Lipinski definition) is 3. The maximum atomic E-state index is 12.9. The molecule has 0 radical (unpaired) electrons. The van der Waals surface area contributed by atoms with E-state index in [1.165, 1.54) is 28.8 Å². The van der Waals surface area contributed by atoms with Crippen LogP contribution in [0.4, 0.5) is 4.39 Å². The van der Waals surface area contributed by atoms with Gasteiger partial charge in [0.1, 0.15) is 11.6 Å². The Bertz CT molecular complexity index is 832. The second-order valence-corrected chi connectivity index (χ2v) is 5.75. The summed E-state index contributed by atoms with van der Waals surface area (Å²) < 4.78 is 14.2. The number of halogens is 1. The fourth-order valence-electron chi connectivity index (χ4n) is 2.63. The van der Waals surface area contributed by atoms with Gasteiger partial charge in [0.15, 0.2) is 5.69 Å². The molecule has 1 amide bonds. The molecule has 0 unspecified atom stereocenters. The Labute approximate surface area is 136 Å². The number of fused-ring (bicyclic) bond motifs is 1. The quantitative estimate of drug-likeness (QED) is 0.748. The first-order chi connectivity index (χ1) is 11.5. The molecule has 2 heterocycles. The molecule has 24 heavy (non-hydrogen) atoms. The van der Waals surface area contributed by atoms with Crippen LogP contribution in [-0.4, -0.2) is 26.6 Å². The Hall–Kier alpha value is -2.74. The molecule has 0 saturated heterocycles. The van der Waals surface area contributed by atoms with Gasteiger partial charge in [0.2, 0.25) is 5.75 Å². The predicted octanol–water partition coefficient (Wildman–Crippen LogP) is 0.291. The van der Waals surface area contributed by atoms with Crippen LogP contribution in [0.15, 0.2) is 29.1 Å². The van der Waals surface area contributed by atoms with Crippen molar-refractivity contribution in [2.75, 3.05) is 0 Å². The summed E-state index contributed by atoms with van der Waals surface area (Å²) in [6.07, 6.45) is 1.13. The van der Waals surface area contributed by atoms with Crippen LogP contribution in [0.5, 0.6) is 5.75 Å². The fourth-order valence-corrected chi connectivity index (χ4v) is 2.63. The standard InChI is InChI=1S/C16H17FN4O3/c17-10-3-1-9(2-4-10)7-19-15(23)13-14(22)16(24)21-8-11(18)5-6-12(21)20-13/h1-4,11,22H,5-8,18H2,(H,19,23)/t11-/m0/s1. The summed E-state index contributed by atoms with van der Waals surface area (Å²) in [6, 6.07) is 5.46. The normalized spacial score (nSPS) is 16.5. The number of aryl methyl sites for hydroxylation is 1. The lowest BCUT2D eigenvalue weighted by Gasteiger charge is -2.23. The van der Waals surface area contributed by atoms with E-state index in [4.69, 9.17) is 5.73 Å². The molecule has 0 spiro atoms.